The molecule has 1 aromatic carbocycles. The molecule has 0 saturated carbocycles. The minimum atomic E-state index is -0.348. The van der Waals surface area contributed by atoms with Gasteiger partial charge in [-0.1, -0.05) is 0 Å². The fourth-order valence-corrected chi connectivity index (χ4v) is 2.43. The molecule has 0 spiro atoms. The number of nitrogens with zero attached hydrogens (tertiary/aromatic N) is 2. The monoisotopic (exact) mass is 304 g/mol. The maximum absolute atomic E-state index is 12.3. The highest BCUT2D eigenvalue weighted by atomic mass is 16.5. The summed E-state index contributed by atoms with van der Waals surface area (Å²) < 4.78 is 11.1. The number of carbonyl (C=O) groups excluding carboxylic acids is 1. The summed E-state index contributed by atoms with van der Waals surface area (Å²) in [6.45, 7) is 3.20. The Morgan fingerprint density at radius 1 is 1.45 bits per heavy atom. The predicted molar refractivity (Wildman–Crippen MR) is 84.2 cm³/mol. The van der Waals surface area contributed by atoms with Crippen molar-refractivity contribution in [1.29, 1.82) is 0 Å². The third-order valence-corrected chi connectivity index (χ3v) is 3.63. The summed E-state index contributed by atoms with van der Waals surface area (Å²) >= 11 is 0. The molecule has 7 heteroatoms. The fraction of sp³-hybridized carbons (Fsp3) is 0.467. The van der Waals surface area contributed by atoms with Gasteiger partial charge in [-0.15, -0.1) is 0 Å². The minimum absolute atomic E-state index is 0.108. The average molecular weight is 304 g/mol. The highest BCUT2D eigenvalue weighted by Crippen LogP contribution is 2.23. The van der Waals surface area contributed by atoms with Crippen molar-refractivity contribution in [2.24, 2.45) is 0 Å². The maximum atomic E-state index is 12.3. The summed E-state index contributed by atoms with van der Waals surface area (Å²) in [4.78, 5) is 18.5. The number of aromatic nitrogens is 1. The third-order valence-electron chi connectivity index (χ3n) is 3.63. The number of morpholine rings is 1. The minimum Gasteiger partial charge on any atom is -0.423 e. The van der Waals surface area contributed by atoms with E-state index in [2.05, 4.69) is 15.6 Å². The van der Waals surface area contributed by atoms with Crippen molar-refractivity contribution in [3.8, 4) is 0 Å². The zero-order valence-corrected chi connectivity index (χ0v) is 12.9. The van der Waals surface area contributed by atoms with Gasteiger partial charge in [0.2, 0.25) is 5.91 Å². The number of ether oxygens (including phenoxy) is 1. The molecule has 2 N–H and O–H groups in total. The van der Waals surface area contributed by atoms with Crippen molar-refractivity contribution in [2.75, 3.05) is 37.5 Å². The van der Waals surface area contributed by atoms with Crippen LogP contribution in [0.4, 0.5) is 11.7 Å². The van der Waals surface area contributed by atoms with Crippen molar-refractivity contribution in [1.82, 2.24) is 10.3 Å². The molecule has 1 fully saturated rings. The summed E-state index contributed by atoms with van der Waals surface area (Å²) in [5.41, 5.74) is 2.09. The van der Waals surface area contributed by atoms with E-state index in [4.69, 9.17) is 9.15 Å². The van der Waals surface area contributed by atoms with E-state index >= 15 is 0 Å². The molecule has 0 bridgehead atoms. The van der Waals surface area contributed by atoms with Crippen LogP contribution in [0.5, 0.6) is 0 Å². The first kappa shape index (κ1) is 14.8. The Morgan fingerprint density at radius 3 is 3.00 bits per heavy atom. The first-order valence-corrected chi connectivity index (χ1v) is 7.28. The first-order chi connectivity index (χ1) is 10.5. The first-order valence-electron chi connectivity index (χ1n) is 7.28. The second kappa shape index (κ2) is 5.94. The number of nitrogens with one attached hydrogen (secondary N) is 2. The second-order valence-corrected chi connectivity index (χ2v) is 5.57. The largest absolute Gasteiger partial charge is 0.423 e. The van der Waals surface area contributed by atoms with E-state index < -0.39 is 0 Å². The van der Waals surface area contributed by atoms with E-state index in [1.807, 2.05) is 21.0 Å². The van der Waals surface area contributed by atoms with E-state index in [9.17, 15) is 4.79 Å². The Balaban J connectivity index is 1.77. The molecule has 7 nitrogen and oxygen atoms in total. The lowest BCUT2D eigenvalue weighted by Gasteiger charge is -2.29. The molecule has 1 saturated heterocycles. The zero-order chi connectivity index (χ0) is 15.7. The molecule has 118 valence electrons. The standard InChI is InChI=1S/C15H20N4O3/c1-9-13(16-6-7-21-9)14(20)17-10-4-5-12-11(8-10)18-15(22-12)19(2)3/h4-5,8-9,13,16H,6-7H2,1-3H3,(H,17,20)/t9-,13+/m1/s1. The number of oxazole rings is 1. The Labute approximate surface area is 128 Å². The summed E-state index contributed by atoms with van der Waals surface area (Å²) in [5, 5.41) is 6.06. The van der Waals surface area contributed by atoms with Crippen molar-refractivity contribution >= 4 is 28.7 Å². The molecule has 3 rings (SSSR count). The van der Waals surface area contributed by atoms with E-state index in [0.717, 1.165) is 0 Å². The predicted octanol–water partition coefficient (Wildman–Crippen LogP) is 1.21. The van der Waals surface area contributed by atoms with Gasteiger partial charge in [-0.25, -0.2) is 0 Å². The molecule has 0 radical (unpaired) electrons. The number of hydrogen-bond donors (Lipinski definition) is 2. The van der Waals surface area contributed by atoms with Gasteiger partial charge >= 0.3 is 0 Å². The van der Waals surface area contributed by atoms with Crippen LogP contribution in [0.1, 0.15) is 6.92 Å². The topological polar surface area (TPSA) is 79.6 Å². The molecular weight excluding hydrogens is 284 g/mol. The maximum Gasteiger partial charge on any atom is 0.297 e. The van der Waals surface area contributed by atoms with Crippen LogP contribution >= 0.6 is 0 Å². The lowest BCUT2D eigenvalue weighted by molar-refractivity contribution is -0.123. The molecule has 2 aromatic rings. The van der Waals surface area contributed by atoms with Crippen LogP contribution in [0.2, 0.25) is 0 Å². The summed E-state index contributed by atoms with van der Waals surface area (Å²) in [6, 6.07) is 5.60. The van der Waals surface area contributed by atoms with Crippen molar-refractivity contribution in [3.05, 3.63) is 18.2 Å². The zero-order valence-electron chi connectivity index (χ0n) is 12.9. The van der Waals surface area contributed by atoms with Crippen LogP contribution in [-0.4, -0.2) is 50.3 Å². The van der Waals surface area contributed by atoms with Gasteiger partial charge in [-0.2, -0.15) is 4.98 Å². The Morgan fingerprint density at radius 2 is 2.27 bits per heavy atom. The third kappa shape index (κ3) is 2.90. The molecule has 1 aromatic heterocycles. The number of hydrogen-bond acceptors (Lipinski definition) is 6. The van der Waals surface area contributed by atoms with E-state index in [1.165, 1.54) is 0 Å². The molecule has 1 aliphatic rings. The van der Waals surface area contributed by atoms with Crippen molar-refractivity contribution in [2.45, 2.75) is 19.1 Å². The van der Waals surface area contributed by atoms with Crippen LogP contribution in [0.15, 0.2) is 22.6 Å². The number of carbonyl (C=O) groups is 1. The van der Waals surface area contributed by atoms with Crippen LogP contribution in [-0.2, 0) is 9.53 Å². The molecule has 1 amide bonds. The van der Waals surface area contributed by atoms with Crippen molar-refractivity contribution < 1.29 is 13.9 Å². The smallest absolute Gasteiger partial charge is 0.297 e. The van der Waals surface area contributed by atoms with Gasteiger partial charge < -0.3 is 24.7 Å². The van der Waals surface area contributed by atoms with Crippen LogP contribution in [0.3, 0.4) is 0 Å². The van der Waals surface area contributed by atoms with Gasteiger partial charge in [0.1, 0.15) is 11.6 Å². The Hall–Kier alpha value is -2.12. The van der Waals surface area contributed by atoms with E-state index in [-0.39, 0.29) is 18.1 Å². The molecule has 1 aliphatic heterocycles. The Kier molecular flexibility index (Phi) is 4.00. The number of benzene rings is 1. The van der Waals surface area contributed by atoms with E-state index in [1.54, 1.807) is 23.1 Å². The van der Waals surface area contributed by atoms with Crippen LogP contribution in [0, 0.1) is 0 Å². The van der Waals surface area contributed by atoms with E-state index in [0.29, 0.717) is 36.0 Å². The molecule has 2 heterocycles. The average Bonchev–Trinajstić information content (AvgIpc) is 2.91. The molecule has 2 atom stereocenters. The van der Waals surface area contributed by atoms with Gasteiger partial charge in [0.05, 0.1) is 12.7 Å². The number of rotatable bonds is 3. The Bertz CT molecular complexity index is 682. The van der Waals surface area contributed by atoms with Gasteiger partial charge in [0.15, 0.2) is 5.58 Å². The second-order valence-electron chi connectivity index (χ2n) is 5.57. The highest BCUT2D eigenvalue weighted by Gasteiger charge is 2.28. The lowest BCUT2D eigenvalue weighted by atomic mass is 10.1. The quantitative estimate of drug-likeness (QED) is 0.887. The summed E-state index contributed by atoms with van der Waals surface area (Å²) in [7, 11) is 3.73. The molecule has 0 aliphatic carbocycles. The van der Waals surface area contributed by atoms with Gasteiger partial charge in [0, 0.05) is 26.3 Å². The number of anilines is 2. The van der Waals surface area contributed by atoms with Gasteiger partial charge in [-0.05, 0) is 25.1 Å². The fourth-order valence-electron chi connectivity index (χ4n) is 2.43. The van der Waals surface area contributed by atoms with Crippen LogP contribution in [0.25, 0.3) is 11.1 Å². The van der Waals surface area contributed by atoms with Crippen LogP contribution < -0.4 is 15.5 Å². The highest BCUT2D eigenvalue weighted by molar-refractivity contribution is 5.96. The number of amides is 1. The van der Waals surface area contributed by atoms with Crippen molar-refractivity contribution in [3.63, 3.8) is 0 Å². The molecular formula is C15H20N4O3. The summed E-state index contributed by atoms with van der Waals surface area (Å²) in [5.74, 6) is -0.108. The summed E-state index contributed by atoms with van der Waals surface area (Å²) in [6.07, 6.45) is -0.148. The normalized spacial score (nSPS) is 21.8. The molecule has 22 heavy (non-hydrogen) atoms. The van der Waals surface area contributed by atoms with Gasteiger partial charge in [-0.3, -0.25) is 4.79 Å². The lowest BCUT2D eigenvalue weighted by Crippen LogP contribution is -2.53. The number of fused-ring (bicyclic) bond motifs is 1. The SMILES string of the molecule is C[C@H]1OCCN[C@@H]1C(=O)Nc1ccc2oc(N(C)C)nc2c1. The molecule has 0 unspecified atom stereocenters. The van der Waals surface area contributed by atoms with Gasteiger partial charge in [0.25, 0.3) is 6.01 Å².